The van der Waals surface area contributed by atoms with E-state index in [4.69, 9.17) is 9.73 Å². The van der Waals surface area contributed by atoms with E-state index in [-0.39, 0.29) is 0 Å². The molecule has 3 aliphatic heterocycles. The number of benzene rings is 1. The van der Waals surface area contributed by atoms with Gasteiger partial charge in [-0.05, 0) is 30.5 Å². The van der Waals surface area contributed by atoms with E-state index in [0.717, 1.165) is 16.4 Å². The van der Waals surface area contributed by atoms with Crippen LogP contribution in [0.2, 0.25) is 0 Å². The third kappa shape index (κ3) is 3.03. The number of ether oxygens (including phenoxy) is 1. The third-order valence-electron chi connectivity index (χ3n) is 5.80. The van der Waals surface area contributed by atoms with Crippen LogP contribution >= 0.6 is 11.8 Å². The molecule has 1 saturated heterocycles. The minimum absolute atomic E-state index is 0.352. The molecule has 1 aromatic rings. The molecule has 1 saturated carbocycles. The lowest BCUT2D eigenvalue weighted by molar-refractivity contribution is 0.0730. The Balaban J connectivity index is 1.39. The first-order valence-electron chi connectivity index (χ1n) is 9.57. The van der Waals surface area contributed by atoms with Crippen molar-refractivity contribution in [2.24, 2.45) is 4.99 Å². The second-order valence-corrected chi connectivity index (χ2v) is 10.1. The van der Waals surface area contributed by atoms with Crippen LogP contribution in [0.5, 0.6) is 0 Å². The van der Waals surface area contributed by atoms with Gasteiger partial charge in [0.25, 0.3) is 0 Å². The van der Waals surface area contributed by atoms with E-state index in [2.05, 4.69) is 10.3 Å². The van der Waals surface area contributed by atoms with E-state index in [1.165, 1.54) is 30.0 Å². The SMILES string of the molecule is O=S(=O)(c1ccc(C2=CSC3=N[C@H]4CCCC[C@@H]4N23)cc1)N1CCOCC1. The zero-order valence-electron chi connectivity index (χ0n) is 15.1. The van der Waals surface area contributed by atoms with Crippen molar-refractivity contribution in [3.8, 4) is 0 Å². The molecule has 2 fully saturated rings. The number of fused-ring (bicyclic) bond motifs is 3. The number of nitrogens with zero attached hydrogens (tertiary/aromatic N) is 3. The Morgan fingerprint density at radius 3 is 2.59 bits per heavy atom. The number of sulfonamides is 1. The minimum Gasteiger partial charge on any atom is -0.379 e. The van der Waals surface area contributed by atoms with Crippen LogP contribution in [0, 0.1) is 0 Å². The van der Waals surface area contributed by atoms with Crippen LogP contribution in [0.3, 0.4) is 0 Å². The zero-order chi connectivity index (χ0) is 18.4. The first-order chi connectivity index (χ1) is 13.1. The summed E-state index contributed by atoms with van der Waals surface area (Å²) in [6.07, 6.45) is 4.88. The Hall–Kier alpha value is -1.35. The Morgan fingerprint density at radius 1 is 1.07 bits per heavy atom. The number of hydrogen-bond donors (Lipinski definition) is 0. The van der Waals surface area contributed by atoms with Gasteiger partial charge in [-0.1, -0.05) is 36.7 Å². The molecular formula is C19H23N3O3S2. The number of hydrogen-bond acceptors (Lipinski definition) is 6. The zero-order valence-corrected chi connectivity index (χ0v) is 16.7. The molecule has 0 amide bonds. The monoisotopic (exact) mass is 405 g/mol. The summed E-state index contributed by atoms with van der Waals surface area (Å²) in [7, 11) is -3.45. The Bertz CT molecular complexity index is 889. The second kappa shape index (κ2) is 6.92. The highest BCUT2D eigenvalue weighted by molar-refractivity contribution is 8.16. The molecule has 3 heterocycles. The van der Waals surface area contributed by atoms with Gasteiger partial charge in [-0.15, -0.1) is 0 Å². The Morgan fingerprint density at radius 2 is 1.81 bits per heavy atom. The lowest BCUT2D eigenvalue weighted by atomic mass is 9.90. The van der Waals surface area contributed by atoms with Crippen LogP contribution in [0.15, 0.2) is 39.6 Å². The van der Waals surface area contributed by atoms with Gasteiger partial charge in [0.15, 0.2) is 5.17 Å². The van der Waals surface area contributed by atoms with Crippen molar-refractivity contribution in [3.05, 3.63) is 35.2 Å². The van der Waals surface area contributed by atoms with Crippen molar-refractivity contribution in [3.63, 3.8) is 0 Å². The fourth-order valence-electron chi connectivity index (χ4n) is 4.36. The molecule has 6 nitrogen and oxygen atoms in total. The number of rotatable bonds is 3. The van der Waals surface area contributed by atoms with Gasteiger partial charge < -0.3 is 9.64 Å². The maximum atomic E-state index is 12.8. The van der Waals surface area contributed by atoms with Gasteiger partial charge in [0.1, 0.15) is 0 Å². The standard InChI is InChI=1S/C19H23N3O3S2/c23-27(24,21-9-11-25-12-10-21)15-7-5-14(6-8-15)18-13-26-19-20-16-3-1-2-4-17(16)22(18)19/h5-8,13,16-17H,1-4,9-12H2/t16-,17-/m0/s1. The Labute approximate surface area is 164 Å². The van der Waals surface area contributed by atoms with Gasteiger partial charge in [0.2, 0.25) is 10.0 Å². The van der Waals surface area contributed by atoms with Gasteiger partial charge in [-0.25, -0.2) is 8.42 Å². The summed E-state index contributed by atoms with van der Waals surface area (Å²) in [4.78, 5) is 7.63. The van der Waals surface area contributed by atoms with E-state index >= 15 is 0 Å². The summed E-state index contributed by atoms with van der Waals surface area (Å²) in [6, 6.07) is 8.21. The number of amidine groups is 1. The van der Waals surface area contributed by atoms with Crippen LogP contribution in [-0.2, 0) is 14.8 Å². The average Bonchev–Trinajstić information content (AvgIpc) is 3.28. The normalized spacial score (nSPS) is 28.5. The lowest BCUT2D eigenvalue weighted by Gasteiger charge is -2.32. The summed E-state index contributed by atoms with van der Waals surface area (Å²) in [5, 5.41) is 3.25. The summed E-state index contributed by atoms with van der Waals surface area (Å²) in [6.45, 7) is 1.76. The highest BCUT2D eigenvalue weighted by Gasteiger charge is 2.42. The van der Waals surface area contributed by atoms with Crippen LogP contribution in [-0.4, -0.2) is 61.2 Å². The molecule has 0 aromatic heterocycles. The molecule has 0 radical (unpaired) electrons. The predicted octanol–water partition coefficient (Wildman–Crippen LogP) is 2.74. The van der Waals surface area contributed by atoms with Crippen molar-refractivity contribution in [2.45, 2.75) is 42.7 Å². The van der Waals surface area contributed by atoms with E-state index in [0.29, 0.717) is 43.3 Å². The summed E-state index contributed by atoms with van der Waals surface area (Å²) >= 11 is 1.69. The number of aliphatic imine (C=N–C) groups is 1. The maximum absolute atomic E-state index is 12.8. The number of thioether (sulfide) groups is 1. The second-order valence-electron chi connectivity index (χ2n) is 7.36. The van der Waals surface area contributed by atoms with Crippen molar-refractivity contribution >= 4 is 32.6 Å². The smallest absolute Gasteiger partial charge is 0.243 e. The van der Waals surface area contributed by atoms with Crippen LogP contribution in [0.4, 0.5) is 0 Å². The van der Waals surface area contributed by atoms with Gasteiger partial charge in [-0.3, -0.25) is 4.99 Å². The quantitative estimate of drug-likeness (QED) is 0.774. The van der Waals surface area contributed by atoms with Crippen molar-refractivity contribution in [1.82, 2.24) is 9.21 Å². The number of morpholine rings is 1. The first kappa shape index (κ1) is 17.7. The molecule has 4 aliphatic rings. The molecule has 0 bridgehead atoms. The maximum Gasteiger partial charge on any atom is 0.243 e. The molecule has 5 rings (SSSR count). The van der Waals surface area contributed by atoms with E-state index in [1.54, 1.807) is 23.9 Å². The van der Waals surface area contributed by atoms with Gasteiger partial charge in [0.05, 0.1) is 35.9 Å². The molecule has 0 N–H and O–H groups in total. The fraction of sp³-hybridized carbons (Fsp3) is 0.526. The Kier molecular flexibility index (Phi) is 4.54. The van der Waals surface area contributed by atoms with E-state index in [9.17, 15) is 8.42 Å². The molecule has 0 unspecified atom stereocenters. The molecule has 1 aliphatic carbocycles. The van der Waals surface area contributed by atoms with Crippen LogP contribution in [0.25, 0.3) is 5.70 Å². The minimum atomic E-state index is -3.45. The van der Waals surface area contributed by atoms with Crippen LogP contribution in [0.1, 0.15) is 31.2 Å². The highest BCUT2D eigenvalue weighted by atomic mass is 32.2. The highest BCUT2D eigenvalue weighted by Crippen LogP contribution is 2.44. The summed E-state index contributed by atoms with van der Waals surface area (Å²) in [5.74, 6) is 0. The molecule has 2 atom stereocenters. The molecule has 144 valence electrons. The summed E-state index contributed by atoms with van der Waals surface area (Å²) < 4.78 is 32.4. The summed E-state index contributed by atoms with van der Waals surface area (Å²) in [5.41, 5.74) is 2.21. The van der Waals surface area contributed by atoms with Crippen molar-refractivity contribution < 1.29 is 13.2 Å². The first-order valence-corrected chi connectivity index (χ1v) is 11.9. The van der Waals surface area contributed by atoms with Crippen LogP contribution < -0.4 is 0 Å². The average molecular weight is 406 g/mol. The van der Waals surface area contributed by atoms with Gasteiger partial charge in [0, 0.05) is 18.5 Å². The molecule has 27 heavy (non-hydrogen) atoms. The molecule has 0 spiro atoms. The van der Waals surface area contributed by atoms with Crippen molar-refractivity contribution in [1.29, 1.82) is 0 Å². The molecule has 1 aromatic carbocycles. The fourth-order valence-corrected chi connectivity index (χ4v) is 6.78. The third-order valence-corrected chi connectivity index (χ3v) is 8.57. The molecule has 8 heteroatoms. The largest absolute Gasteiger partial charge is 0.379 e. The lowest BCUT2D eigenvalue weighted by Crippen LogP contribution is -2.40. The van der Waals surface area contributed by atoms with Gasteiger partial charge >= 0.3 is 0 Å². The topological polar surface area (TPSA) is 62.2 Å². The molecular weight excluding hydrogens is 382 g/mol. The van der Waals surface area contributed by atoms with E-state index < -0.39 is 10.0 Å². The van der Waals surface area contributed by atoms with Crippen molar-refractivity contribution in [2.75, 3.05) is 26.3 Å². The predicted molar refractivity (Wildman–Crippen MR) is 107 cm³/mol. The van der Waals surface area contributed by atoms with E-state index in [1.807, 2.05) is 12.1 Å². The van der Waals surface area contributed by atoms with Gasteiger partial charge in [-0.2, -0.15) is 4.31 Å².